The molecule has 0 spiro atoms. The average Bonchev–Trinajstić information content (AvgIpc) is 3.26. The standard InChI is InChI=1S/C22H23N3O4S/c1-12-20(30-21(23)25-12)19(27)18(26)10-24-22(28)29-11-17-15-8-4-2-6-13(15)14-7-3-5-9-16(14)17/h2-9,17-19,26-27H,10-11H2,1H3,(H2,23,25)(H,24,28). The first-order valence-corrected chi connectivity index (χ1v) is 10.4. The van der Waals surface area contributed by atoms with Gasteiger partial charge in [-0.1, -0.05) is 59.9 Å². The van der Waals surface area contributed by atoms with E-state index < -0.39 is 18.3 Å². The summed E-state index contributed by atoms with van der Waals surface area (Å²) in [6, 6.07) is 16.2. The Labute approximate surface area is 178 Å². The highest BCUT2D eigenvalue weighted by atomic mass is 32.1. The van der Waals surface area contributed by atoms with Crippen molar-refractivity contribution < 1.29 is 19.7 Å². The first-order valence-electron chi connectivity index (χ1n) is 9.63. The van der Waals surface area contributed by atoms with Crippen molar-refractivity contribution in [3.8, 4) is 11.1 Å². The smallest absolute Gasteiger partial charge is 0.407 e. The first kappa shape index (κ1) is 20.3. The minimum atomic E-state index is -1.20. The molecule has 0 radical (unpaired) electrons. The lowest BCUT2D eigenvalue weighted by Gasteiger charge is -2.18. The molecule has 156 valence electrons. The summed E-state index contributed by atoms with van der Waals surface area (Å²) in [4.78, 5) is 16.7. The monoisotopic (exact) mass is 425 g/mol. The summed E-state index contributed by atoms with van der Waals surface area (Å²) in [7, 11) is 0. The van der Waals surface area contributed by atoms with Gasteiger partial charge in [0.1, 0.15) is 18.8 Å². The molecule has 2 aromatic carbocycles. The summed E-state index contributed by atoms with van der Waals surface area (Å²) in [5.74, 6) is -0.0403. The van der Waals surface area contributed by atoms with Crippen LogP contribution in [-0.2, 0) is 4.74 Å². The largest absolute Gasteiger partial charge is 0.449 e. The quantitative estimate of drug-likeness (QED) is 0.482. The van der Waals surface area contributed by atoms with E-state index in [1.165, 1.54) is 0 Å². The van der Waals surface area contributed by atoms with Crippen molar-refractivity contribution in [2.75, 3.05) is 18.9 Å². The SMILES string of the molecule is Cc1nc(N)sc1C(O)C(O)CNC(=O)OCC1c2ccccc2-c2ccccc21. The first-order chi connectivity index (χ1) is 14.5. The molecule has 1 amide bonds. The van der Waals surface area contributed by atoms with Crippen LogP contribution < -0.4 is 11.1 Å². The Morgan fingerprint density at radius 1 is 1.17 bits per heavy atom. The molecule has 1 aliphatic rings. The minimum absolute atomic E-state index is 0.0403. The summed E-state index contributed by atoms with van der Waals surface area (Å²) in [6.45, 7) is 1.73. The van der Waals surface area contributed by atoms with E-state index in [0.29, 0.717) is 15.7 Å². The molecule has 1 heterocycles. The summed E-state index contributed by atoms with van der Waals surface area (Å²) in [6.07, 6.45) is -3.04. The number of amides is 1. The van der Waals surface area contributed by atoms with Crippen molar-refractivity contribution in [2.24, 2.45) is 0 Å². The highest BCUT2D eigenvalue weighted by Crippen LogP contribution is 2.44. The number of benzene rings is 2. The molecule has 2 unspecified atom stereocenters. The maximum absolute atomic E-state index is 12.2. The number of thiazole rings is 1. The van der Waals surface area contributed by atoms with E-state index in [9.17, 15) is 15.0 Å². The Kier molecular flexibility index (Phi) is 5.72. The Morgan fingerprint density at radius 3 is 2.33 bits per heavy atom. The predicted molar refractivity (Wildman–Crippen MR) is 115 cm³/mol. The van der Waals surface area contributed by atoms with Crippen LogP contribution >= 0.6 is 11.3 Å². The van der Waals surface area contributed by atoms with Crippen molar-refractivity contribution >= 4 is 22.6 Å². The molecule has 2 atom stereocenters. The number of hydrogen-bond acceptors (Lipinski definition) is 7. The molecule has 30 heavy (non-hydrogen) atoms. The number of aromatic nitrogens is 1. The van der Waals surface area contributed by atoms with Gasteiger partial charge in [0.2, 0.25) is 0 Å². The van der Waals surface area contributed by atoms with Gasteiger partial charge in [0, 0.05) is 12.5 Å². The lowest BCUT2D eigenvalue weighted by atomic mass is 9.98. The molecular formula is C22H23N3O4S. The van der Waals surface area contributed by atoms with Crippen LogP contribution in [0.5, 0.6) is 0 Å². The predicted octanol–water partition coefficient (Wildman–Crippen LogP) is 2.97. The van der Waals surface area contributed by atoms with Gasteiger partial charge in [0.25, 0.3) is 0 Å². The van der Waals surface area contributed by atoms with E-state index in [1.807, 2.05) is 36.4 Å². The molecular weight excluding hydrogens is 402 g/mol. The van der Waals surface area contributed by atoms with Gasteiger partial charge in [-0.15, -0.1) is 0 Å². The molecule has 1 aliphatic carbocycles. The number of nitrogens with zero attached hydrogens (tertiary/aromatic N) is 1. The fourth-order valence-electron chi connectivity index (χ4n) is 3.83. The molecule has 8 heteroatoms. The van der Waals surface area contributed by atoms with Crippen molar-refractivity contribution in [1.29, 1.82) is 0 Å². The number of aryl methyl sites for hydroxylation is 1. The van der Waals surface area contributed by atoms with Crippen LogP contribution in [0.15, 0.2) is 48.5 Å². The molecule has 7 nitrogen and oxygen atoms in total. The number of nitrogen functional groups attached to an aromatic ring is 1. The second-order valence-electron chi connectivity index (χ2n) is 7.22. The number of rotatable bonds is 6. The number of anilines is 1. The lowest BCUT2D eigenvalue weighted by Crippen LogP contribution is -2.36. The van der Waals surface area contributed by atoms with Crippen molar-refractivity contribution in [3.05, 3.63) is 70.2 Å². The van der Waals surface area contributed by atoms with Gasteiger partial charge in [-0.2, -0.15) is 0 Å². The molecule has 0 aliphatic heterocycles. The van der Waals surface area contributed by atoms with Crippen LogP contribution in [0.3, 0.4) is 0 Å². The van der Waals surface area contributed by atoms with Gasteiger partial charge in [-0.25, -0.2) is 9.78 Å². The number of aliphatic hydroxyl groups is 2. The summed E-state index contributed by atoms with van der Waals surface area (Å²) in [5.41, 5.74) is 10.7. The van der Waals surface area contributed by atoms with E-state index in [-0.39, 0.29) is 19.1 Å². The maximum Gasteiger partial charge on any atom is 0.407 e. The van der Waals surface area contributed by atoms with E-state index >= 15 is 0 Å². The zero-order valence-corrected chi connectivity index (χ0v) is 17.2. The Hall–Kier alpha value is -2.94. The lowest BCUT2D eigenvalue weighted by molar-refractivity contribution is 0.0202. The summed E-state index contributed by atoms with van der Waals surface area (Å²) in [5, 5.41) is 23.3. The van der Waals surface area contributed by atoms with Crippen molar-refractivity contribution in [2.45, 2.75) is 25.0 Å². The van der Waals surface area contributed by atoms with E-state index in [1.54, 1.807) is 6.92 Å². The fraction of sp³-hybridized carbons (Fsp3) is 0.273. The van der Waals surface area contributed by atoms with Gasteiger partial charge in [-0.3, -0.25) is 0 Å². The number of aliphatic hydroxyl groups excluding tert-OH is 2. The van der Waals surface area contributed by atoms with Crippen LogP contribution in [0.25, 0.3) is 11.1 Å². The van der Waals surface area contributed by atoms with Crippen LogP contribution in [0, 0.1) is 6.92 Å². The number of alkyl carbamates (subject to hydrolysis) is 1. The molecule has 0 saturated heterocycles. The van der Waals surface area contributed by atoms with Gasteiger partial charge in [0.15, 0.2) is 5.13 Å². The molecule has 0 saturated carbocycles. The fourth-order valence-corrected chi connectivity index (χ4v) is 4.71. The number of hydrogen-bond donors (Lipinski definition) is 4. The third kappa shape index (κ3) is 3.89. The topological polar surface area (TPSA) is 118 Å². The second kappa shape index (κ2) is 8.43. The molecule has 4 rings (SSSR count). The average molecular weight is 426 g/mol. The third-order valence-electron chi connectivity index (χ3n) is 5.28. The summed E-state index contributed by atoms with van der Waals surface area (Å²) < 4.78 is 5.43. The minimum Gasteiger partial charge on any atom is -0.449 e. The van der Waals surface area contributed by atoms with Crippen LogP contribution in [0.2, 0.25) is 0 Å². The number of carbonyl (C=O) groups excluding carboxylic acids is 1. The van der Waals surface area contributed by atoms with E-state index in [4.69, 9.17) is 10.5 Å². The Bertz CT molecular complexity index is 1020. The van der Waals surface area contributed by atoms with Crippen LogP contribution in [-0.4, -0.2) is 40.5 Å². The zero-order valence-electron chi connectivity index (χ0n) is 16.4. The second-order valence-corrected chi connectivity index (χ2v) is 8.28. The maximum atomic E-state index is 12.2. The number of fused-ring (bicyclic) bond motifs is 3. The van der Waals surface area contributed by atoms with Gasteiger partial charge < -0.3 is 26.0 Å². The van der Waals surface area contributed by atoms with Gasteiger partial charge >= 0.3 is 6.09 Å². The highest BCUT2D eigenvalue weighted by molar-refractivity contribution is 7.15. The number of carbonyl (C=O) groups is 1. The van der Waals surface area contributed by atoms with E-state index in [0.717, 1.165) is 33.6 Å². The molecule has 0 bridgehead atoms. The van der Waals surface area contributed by atoms with Crippen LogP contribution in [0.1, 0.15) is 33.7 Å². The number of nitrogens with one attached hydrogen (secondary N) is 1. The summed E-state index contributed by atoms with van der Waals surface area (Å²) >= 11 is 1.11. The number of ether oxygens (including phenoxy) is 1. The van der Waals surface area contributed by atoms with E-state index in [2.05, 4.69) is 22.4 Å². The molecule has 1 aromatic heterocycles. The zero-order chi connectivity index (χ0) is 21.3. The van der Waals surface area contributed by atoms with Crippen LogP contribution in [0.4, 0.5) is 9.93 Å². The van der Waals surface area contributed by atoms with Crippen molar-refractivity contribution in [1.82, 2.24) is 10.3 Å². The highest BCUT2D eigenvalue weighted by Gasteiger charge is 2.29. The van der Waals surface area contributed by atoms with Crippen molar-refractivity contribution in [3.63, 3.8) is 0 Å². The van der Waals surface area contributed by atoms with Gasteiger partial charge in [-0.05, 0) is 29.2 Å². The third-order valence-corrected chi connectivity index (χ3v) is 6.34. The molecule has 3 aromatic rings. The Morgan fingerprint density at radius 2 is 1.77 bits per heavy atom. The number of nitrogens with two attached hydrogens (primary N) is 1. The van der Waals surface area contributed by atoms with Gasteiger partial charge in [0.05, 0.1) is 10.6 Å². The molecule has 5 N–H and O–H groups in total. The molecule has 0 fully saturated rings. The Balaban J connectivity index is 1.35. The normalized spacial score (nSPS) is 14.6.